The number of hydrogen-bond donors (Lipinski definition) is 1. The van der Waals surface area contributed by atoms with E-state index in [9.17, 15) is 9.59 Å². The minimum absolute atomic E-state index is 0.00712. The maximum Gasteiger partial charge on any atom is 0.262 e. The van der Waals surface area contributed by atoms with Crippen LogP contribution in [0.4, 0.5) is 0 Å². The zero-order chi connectivity index (χ0) is 16.9. The predicted molar refractivity (Wildman–Crippen MR) is 98.8 cm³/mol. The summed E-state index contributed by atoms with van der Waals surface area (Å²) in [4.78, 5) is 30.3. The Morgan fingerprint density at radius 1 is 1.29 bits per heavy atom. The molecule has 0 saturated heterocycles. The van der Waals surface area contributed by atoms with Crippen LogP contribution in [0.15, 0.2) is 51.7 Å². The van der Waals surface area contributed by atoms with Crippen molar-refractivity contribution in [2.75, 3.05) is 12.3 Å². The van der Waals surface area contributed by atoms with Crippen molar-refractivity contribution in [3.8, 4) is 0 Å². The average molecular weight is 359 g/mol. The molecule has 5 nitrogen and oxygen atoms in total. The first-order valence-corrected chi connectivity index (χ1v) is 9.39. The molecule has 0 unspecified atom stereocenters. The van der Waals surface area contributed by atoms with Gasteiger partial charge in [-0.3, -0.25) is 14.2 Å². The number of aryl methyl sites for hydroxylation is 1. The summed E-state index contributed by atoms with van der Waals surface area (Å²) >= 11 is 3.11. The molecule has 124 valence electrons. The first kappa shape index (κ1) is 16.7. The Labute approximate surface area is 147 Å². The lowest BCUT2D eigenvalue weighted by atomic mass is 10.2. The normalized spacial score (nSPS) is 10.9. The molecule has 1 aromatic carbocycles. The van der Waals surface area contributed by atoms with Crippen LogP contribution in [0.5, 0.6) is 0 Å². The number of amides is 1. The number of carbonyl (C=O) groups excluding carboxylic acids is 1. The molecule has 0 aliphatic rings. The van der Waals surface area contributed by atoms with Crippen LogP contribution in [0, 0.1) is 6.92 Å². The van der Waals surface area contributed by atoms with Gasteiger partial charge in [-0.15, -0.1) is 23.1 Å². The van der Waals surface area contributed by atoms with Gasteiger partial charge in [-0.05, 0) is 30.5 Å². The van der Waals surface area contributed by atoms with E-state index in [2.05, 4.69) is 41.5 Å². The van der Waals surface area contributed by atoms with Gasteiger partial charge in [-0.2, -0.15) is 0 Å². The standard InChI is InChI=1S/C17H17N3O2S2/c1-12-2-4-13(5-3-12)23-9-7-18-15(21)10-20-11-19-16-14(17(20)22)6-8-24-16/h2-6,8,11H,7,9-10H2,1H3,(H,18,21). The number of carbonyl (C=O) groups is 1. The molecule has 0 fully saturated rings. The van der Waals surface area contributed by atoms with E-state index in [1.165, 1.54) is 32.7 Å². The summed E-state index contributed by atoms with van der Waals surface area (Å²) in [7, 11) is 0. The highest BCUT2D eigenvalue weighted by Gasteiger charge is 2.08. The summed E-state index contributed by atoms with van der Waals surface area (Å²) in [5.74, 6) is 0.601. The van der Waals surface area contributed by atoms with Gasteiger partial charge in [0.15, 0.2) is 0 Å². The smallest absolute Gasteiger partial charge is 0.262 e. The van der Waals surface area contributed by atoms with E-state index in [0.717, 1.165) is 5.75 Å². The van der Waals surface area contributed by atoms with E-state index in [4.69, 9.17) is 0 Å². The maximum absolute atomic E-state index is 12.2. The van der Waals surface area contributed by atoms with Gasteiger partial charge in [-0.25, -0.2) is 4.98 Å². The molecule has 3 aromatic rings. The minimum Gasteiger partial charge on any atom is -0.354 e. The van der Waals surface area contributed by atoms with Crippen molar-refractivity contribution >= 4 is 39.2 Å². The summed E-state index contributed by atoms with van der Waals surface area (Å²) in [5, 5.41) is 5.22. The first-order chi connectivity index (χ1) is 11.6. The number of rotatable bonds is 6. The molecule has 0 aliphatic carbocycles. The lowest BCUT2D eigenvalue weighted by Gasteiger charge is -2.07. The average Bonchev–Trinajstić information content (AvgIpc) is 3.05. The summed E-state index contributed by atoms with van der Waals surface area (Å²) in [5.41, 5.74) is 1.06. The highest BCUT2D eigenvalue weighted by Crippen LogP contribution is 2.17. The van der Waals surface area contributed by atoms with Gasteiger partial charge in [0.25, 0.3) is 5.56 Å². The van der Waals surface area contributed by atoms with Gasteiger partial charge in [-0.1, -0.05) is 17.7 Å². The molecular formula is C17H17N3O2S2. The number of benzene rings is 1. The molecule has 0 atom stereocenters. The second-order valence-electron chi connectivity index (χ2n) is 5.33. The zero-order valence-electron chi connectivity index (χ0n) is 13.2. The first-order valence-electron chi connectivity index (χ1n) is 7.52. The summed E-state index contributed by atoms with van der Waals surface area (Å²) < 4.78 is 1.34. The van der Waals surface area contributed by atoms with Gasteiger partial charge in [0.05, 0.1) is 11.7 Å². The fourth-order valence-corrected chi connectivity index (χ4v) is 3.70. The van der Waals surface area contributed by atoms with Crippen LogP contribution in [0.1, 0.15) is 5.56 Å². The van der Waals surface area contributed by atoms with Crippen LogP contribution in [0.3, 0.4) is 0 Å². The van der Waals surface area contributed by atoms with Gasteiger partial charge in [0.2, 0.25) is 5.91 Å². The Kier molecular flexibility index (Phi) is 5.32. The van der Waals surface area contributed by atoms with Crippen molar-refractivity contribution in [2.24, 2.45) is 0 Å². The fourth-order valence-electron chi connectivity index (χ4n) is 2.21. The number of aromatic nitrogens is 2. The Morgan fingerprint density at radius 2 is 2.08 bits per heavy atom. The SMILES string of the molecule is Cc1ccc(SCCNC(=O)Cn2cnc3sccc3c2=O)cc1. The molecule has 2 heterocycles. The predicted octanol–water partition coefficient (Wildman–Crippen LogP) is 2.67. The fraction of sp³-hybridized carbons (Fsp3) is 0.235. The molecule has 7 heteroatoms. The number of fused-ring (bicyclic) bond motifs is 1. The molecule has 0 spiro atoms. The monoisotopic (exact) mass is 359 g/mol. The van der Waals surface area contributed by atoms with Gasteiger partial charge in [0, 0.05) is 17.2 Å². The Balaban J connectivity index is 1.49. The van der Waals surface area contributed by atoms with Gasteiger partial charge in [0.1, 0.15) is 11.4 Å². The molecule has 24 heavy (non-hydrogen) atoms. The molecule has 0 bridgehead atoms. The number of nitrogens with zero attached hydrogens (tertiary/aromatic N) is 2. The molecule has 0 radical (unpaired) electrons. The molecular weight excluding hydrogens is 342 g/mol. The van der Waals surface area contributed by atoms with Crippen molar-refractivity contribution in [1.29, 1.82) is 0 Å². The topological polar surface area (TPSA) is 64.0 Å². The Hall–Kier alpha value is -2.12. The summed E-state index contributed by atoms with van der Waals surface area (Å²) in [6, 6.07) is 10.0. The maximum atomic E-state index is 12.2. The van der Waals surface area contributed by atoms with Crippen LogP contribution >= 0.6 is 23.1 Å². The molecule has 0 aliphatic heterocycles. The lowest BCUT2D eigenvalue weighted by Crippen LogP contribution is -2.33. The minimum atomic E-state index is -0.182. The van der Waals surface area contributed by atoms with Crippen LogP contribution in [-0.4, -0.2) is 27.8 Å². The van der Waals surface area contributed by atoms with Gasteiger partial charge < -0.3 is 5.32 Å². The molecule has 2 aromatic heterocycles. The molecule has 1 amide bonds. The van der Waals surface area contributed by atoms with Crippen molar-refractivity contribution in [2.45, 2.75) is 18.4 Å². The number of nitrogens with one attached hydrogen (secondary N) is 1. The molecule has 0 saturated carbocycles. The zero-order valence-corrected chi connectivity index (χ0v) is 14.8. The quantitative estimate of drug-likeness (QED) is 0.543. The third-order valence-corrected chi connectivity index (χ3v) is 5.31. The van der Waals surface area contributed by atoms with Crippen LogP contribution < -0.4 is 10.9 Å². The van der Waals surface area contributed by atoms with Crippen molar-refractivity contribution in [1.82, 2.24) is 14.9 Å². The van der Waals surface area contributed by atoms with Crippen LogP contribution in [0.2, 0.25) is 0 Å². The third-order valence-electron chi connectivity index (χ3n) is 3.48. The van der Waals surface area contributed by atoms with E-state index in [1.807, 2.05) is 5.38 Å². The largest absolute Gasteiger partial charge is 0.354 e. The van der Waals surface area contributed by atoms with E-state index in [0.29, 0.717) is 16.8 Å². The lowest BCUT2D eigenvalue weighted by molar-refractivity contribution is -0.121. The van der Waals surface area contributed by atoms with Crippen LogP contribution in [0.25, 0.3) is 10.2 Å². The second kappa shape index (κ2) is 7.63. The van der Waals surface area contributed by atoms with E-state index < -0.39 is 0 Å². The van der Waals surface area contributed by atoms with Crippen molar-refractivity contribution < 1.29 is 4.79 Å². The Morgan fingerprint density at radius 3 is 2.88 bits per heavy atom. The highest BCUT2D eigenvalue weighted by atomic mass is 32.2. The number of thiophene rings is 1. The second-order valence-corrected chi connectivity index (χ2v) is 7.39. The van der Waals surface area contributed by atoms with E-state index >= 15 is 0 Å². The molecule has 1 N–H and O–H groups in total. The summed E-state index contributed by atoms with van der Waals surface area (Å²) in [6.45, 7) is 2.60. The van der Waals surface area contributed by atoms with Crippen molar-refractivity contribution in [3.05, 3.63) is 58.0 Å². The van der Waals surface area contributed by atoms with Gasteiger partial charge >= 0.3 is 0 Å². The van der Waals surface area contributed by atoms with Crippen molar-refractivity contribution in [3.63, 3.8) is 0 Å². The summed E-state index contributed by atoms with van der Waals surface area (Å²) in [6.07, 6.45) is 1.43. The third kappa shape index (κ3) is 4.04. The van der Waals surface area contributed by atoms with E-state index in [1.54, 1.807) is 17.8 Å². The van der Waals surface area contributed by atoms with Crippen LogP contribution in [-0.2, 0) is 11.3 Å². The number of thioether (sulfide) groups is 1. The Bertz CT molecular complexity index is 900. The molecule has 3 rings (SSSR count). The highest BCUT2D eigenvalue weighted by molar-refractivity contribution is 7.99. The van der Waals surface area contributed by atoms with E-state index in [-0.39, 0.29) is 18.0 Å². The number of hydrogen-bond acceptors (Lipinski definition) is 5.